The first-order valence-electron chi connectivity index (χ1n) is 5.60. The minimum absolute atomic E-state index is 0.0980. The summed E-state index contributed by atoms with van der Waals surface area (Å²) < 4.78 is 25.7. The Hall–Kier alpha value is -2.03. The normalized spacial score (nSPS) is 10.4. The van der Waals surface area contributed by atoms with Gasteiger partial charge < -0.3 is 0 Å². The van der Waals surface area contributed by atoms with E-state index in [1.807, 2.05) is 0 Å². The van der Waals surface area contributed by atoms with Gasteiger partial charge in [-0.25, -0.2) is 8.78 Å². The molecule has 0 fully saturated rings. The quantitative estimate of drug-likeness (QED) is 0.755. The Morgan fingerprint density at radius 2 is 1.61 bits per heavy atom. The molecule has 92 valence electrons. The average Bonchev–Trinajstić information content (AvgIpc) is 2.32. The first-order valence-corrected chi connectivity index (χ1v) is 5.60. The molecule has 2 rings (SSSR count). The van der Waals surface area contributed by atoms with Gasteiger partial charge in [-0.05, 0) is 48.4 Å². The van der Waals surface area contributed by atoms with Crippen molar-refractivity contribution in [2.75, 3.05) is 0 Å². The SMILES string of the molecule is Cc1cc(F)ccc1C(=O)Cc1ccc(F)cc1. The molecule has 0 heterocycles. The summed E-state index contributed by atoms with van der Waals surface area (Å²) >= 11 is 0. The maximum Gasteiger partial charge on any atom is 0.167 e. The Bertz CT molecular complexity index is 574. The van der Waals surface area contributed by atoms with E-state index in [-0.39, 0.29) is 23.8 Å². The Labute approximate surface area is 104 Å². The van der Waals surface area contributed by atoms with Crippen LogP contribution in [0.15, 0.2) is 42.5 Å². The molecule has 0 atom stereocenters. The lowest BCUT2D eigenvalue weighted by Gasteiger charge is -2.05. The highest BCUT2D eigenvalue weighted by Gasteiger charge is 2.10. The number of halogens is 2. The molecule has 0 aliphatic rings. The van der Waals surface area contributed by atoms with E-state index in [0.29, 0.717) is 11.1 Å². The summed E-state index contributed by atoms with van der Waals surface area (Å²) in [6.45, 7) is 1.70. The van der Waals surface area contributed by atoms with Gasteiger partial charge in [0.2, 0.25) is 0 Å². The van der Waals surface area contributed by atoms with Crippen LogP contribution in [0.1, 0.15) is 21.5 Å². The molecule has 3 heteroatoms. The van der Waals surface area contributed by atoms with Crippen molar-refractivity contribution in [1.29, 1.82) is 0 Å². The molecule has 0 N–H and O–H groups in total. The molecule has 0 bridgehead atoms. The summed E-state index contributed by atoms with van der Waals surface area (Å²) in [6, 6.07) is 9.87. The number of Topliss-reactive ketones (excluding diaryl/α,β-unsaturated/α-hetero) is 1. The Kier molecular flexibility index (Phi) is 3.51. The van der Waals surface area contributed by atoms with Gasteiger partial charge in [-0.3, -0.25) is 4.79 Å². The molecule has 0 spiro atoms. The van der Waals surface area contributed by atoms with Gasteiger partial charge in [0.25, 0.3) is 0 Å². The van der Waals surface area contributed by atoms with Gasteiger partial charge in [-0.2, -0.15) is 0 Å². The van der Waals surface area contributed by atoms with Crippen LogP contribution >= 0.6 is 0 Å². The van der Waals surface area contributed by atoms with E-state index in [1.54, 1.807) is 19.1 Å². The lowest BCUT2D eigenvalue weighted by Crippen LogP contribution is -2.06. The number of ketones is 1. The van der Waals surface area contributed by atoms with Crippen molar-refractivity contribution in [1.82, 2.24) is 0 Å². The van der Waals surface area contributed by atoms with E-state index in [4.69, 9.17) is 0 Å². The third kappa shape index (κ3) is 2.80. The van der Waals surface area contributed by atoms with Gasteiger partial charge >= 0.3 is 0 Å². The molecule has 0 amide bonds. The second-order valence-electron chi connectivity index (χ2n) is 4.19. The third-order valence-corrected chi connectivity index (χ3v) is 2.77. The van der Waals surface area contributed by atoms with Gasteiger partial charge in [0, 0.05) is 12.0 Å². The van der Waals surface area contributed by atoms with Crippen LogP contribution in [0.2, 0.25) is 0 Å². The fraction of sp³-hybridized carbons (Fsp3) is 0.133. The third-order valence-electron chi connectivity index (χ3n) is 2.77. The lowest BCUT2D eigenvalue weighted by molar-refractivity contribution is 0.0992. The zero-order valence-corrected chi connectivity index (χ0v) is 9.91. The molecule has 2 aromatic rings. The molecule has 1 nitrogen and oxygen atoms in total. The Morgan fingerprint density at radius 3 is 2.22 bits per heavy atom. The van der Waals surface area contributed by atoms with Gasteiger partial charge in [-0.15, -0.1) is 0 Å². The van der Waals surface area contributed by atoms with Crippen LogP contribution in [0.4, 0.5) is 8.78 Å². The molecule has 0 saturated carbocycles. The number of benzene rings is 2. The molecule has 0 radical (unpaired) electrons. The van der Waals surface area contributed by atoms with Crippen molar-refractivity contribution in [3.8, 4) is 0 Å². The molecule has 0 aliphatic carbocycles. The van der Waals surface area contributed by atoms with Crippen LogP contribution in [-0.2, 0) is 6.42 Å². The van der Waals surface area contributed by atoms with E-state index < -0.39 is 0 Å². The summed E-state index contributed by atoms with van der Waals surface area (Å²) in [6.07, 6.45) is 0.187. The second-order valence-corrected chi connectivity index (χ2v) is 4.19. The summed E-state index contributed by atoms with van der Waals surface area (Å²) in [5.41, 5.74) is 1.85. The summed E-state index contributed by atoms with van der Waals surface area (Å²) in [4.78, 5) is 12.0. The molecule has 2 aromatic carbocycles. The molecular weight excluding hydrogens is 234 g/mol. The first kappa shape index (κ1) is 12.4. The maximum atomic E-state index is 12.9. The van der Waals surface area contributed by atoms with Gasteiger partial charge in [-0.1, -0.05) is 12.1 Å². The molecule has 18 heavy (non-hydrogen) atoms. The highest BCUT2D eigenvalue weighted by Crippen LogP contribution is 2.14. The van der Waals surface area contributed by atoms with Crippen molar-refractivity contribution in [2.45, 2.75) is 13.3 Å². The van der Waals surface area contributed by atoms with E-state index in [0.717, 1.165) is 5.56 Å². The summed E-state index contributed by atoms with van der Waals surface area (Å²) in [5.74, 6) is -0.783. The minimum Gasteiger partial charge on any atom is -0.294 e. The number of aryl methyl sites for hydroxylation is 1. The van der Waals surface area contributed by atoms with Crippen molar-refractivity contribution in [3.63, 3.8) is 0 Å². The highest BCUT2D eigenvalue weighted by atomic mass is 19.1. The van der Waals surface area contributed by atoms with Crippen molar-refractivity contribution >= 4 is 5.78 Å². The smallest absolute Gasteiger partial charge is 0.167 e. The van der Waals surface area contributed by atoms with E-state index >= 15 is 0 Å². The van der Waals surface area contributed by atoms with Gasteiger partial charge in [0.1, 0.15) is 11.6 Å². The van der Waals surface area contributed by atoms with Crippen LogP contribution in [0.25, 0.3) is 0 Å². The monoisotopic (exact) mass is 246 g/mol. The fourth-order valence-electron chi connectivity index (χ4n) is 1.82. The van der Waals surface area contributed by atoms with Crippen molar-refractivity contribution in [3.05, 3.63) is 70.8 Å². The number of hydrogen-bond donors (Lipinski definition) is 0. The number of hydrogen-bond acceptors (Lipinski definition) is 1. The Morgan fingerprint density at radius 1 is 1.00 bits per heavy atom. The van der Waals surface area contributed by atoms with Crippen LogP contribution in [0.5, 0.6) is 0 Å². The van der Waals surface area contributed by atoms with E-state index in [1.165, 1.54) is 30.3 Å². The van der Waals surface area contributed by atoms with Crippen LogP contribution in [0, 0.1) is 18.6 Å². The highest BCUT2D eigenvalue weighted by molar-refractivity contribution is 5.98. The first-order chi connectivity index (χ1) is 8.56. The number of carbonyl (C=O) groups is 1. The zero-order chi connectivity index (χ0) is 13.1. The second kappa shape index (κ2) is 5.08. The molecule has 0 aliphatic heterocycles. The maximum absolute atomic E-state index is 12.9. The zero-order valence-electron chi connectivity index (χ0n) is 9.91. The van der Waals surface area contributed by atoms with Crippen LogP contribution in [0.3, 0.4) is 0 Å². The van der Waals surface area contributed by atoms with E-state index in [9.17, 15) is 13.6 Å². The minimum atomic E-state index is -0.356. The topological polar surface area (TPSA) is 17.1 Å². The van der Waals surface area contributed by atoms with Crippen molar-refractivity contribution < 1.29 is 13.6 Å². The van der Waals surface area contributed by atoms with Crippen molar-refractivity contribution in [2.24, 2.45) is 0 Å². The molecule has 0 unspecified atom stereocenters. The lowest BCUT2D eigenvalue weighted by atomic mass is 9.99. The largest absolute Gasteiger partial charge is 0.294 e. The predicted octanol–water partition coefficient (Wildman–Crippen LogP) is 3.70. The average molecular weight is 246 g/mol. The van der Waals surface area contributed by atoms with Gasteiger partial charge in [0.05, 0.1) is 0 Å². The molecule has 0 aromatic heterocycles. The molecular formula is C15H12F2O. The number of rotatable bonds is 3. The Balaban J connectivity index is 2.19. The fourth-order valence-corrected chi connectivity index (χ4v) is 1.82. The standard InChI is InChI=1S/C15H12F2O/c1-10-8-13(17)6-7-14(10)15(18)9-11-2-4-12(16)5-3-11/h2-8H,9H2,1H3. The predicted molar refractivity (Wildman–Crippen MR) is 65.6 cm³/mol. The van der Waals surface area contributed by atoms with Crippen LogP contribution < -0.4 is 0 Å². The summed E-state index contributed by atoms with van der Waals surface area (Å²) in [5, 5.41) is 0. The van der Waals surface area contributed by atoms with Crippen LogP contribution in [-0.4, -0.2) is 5.78 Å². The van der Waals surface area contributed by atoms with E-state index in [2.05, 4.69) is 0 Å². The number of carbonyl (C=O) groups excluding carboxylic acids is 1. The summed E-state index contributed by atoms with van der Waals surface area (Å²) in [7, 11) is 0. The molecule has 0 saturated heterocycles. The van der Waals surface area contributed by atoms with Gasteiger partial charge in [0.15, 0.2) is 5.78 Å².